The van der Waals surface area contributed by atoms with E-state index in [1.54, 1.807) is 19.5 Å². The summed E-state index contributed by atoms with van der Waals surface area (Å²) < 4.78 is 62.3. The molecule has 0 aliphatic carbocycles. The van der Waals surface area contributed by atoms with E-state index in [-0.39, 0.29) is 11.7 Å². The van der Waals surface area contributed by atoms with E-state index >= 15 is 0 Å². The fourth-order valence-corrected chi connectivity index (χ4v) is 5.84. The van der Waals surface area contributed by atoms with Crippen LogP contribution in [0.2, 0.25) is 0 Å². The highest BCUT2D eigenvalue weighted by molar-refractivity contribution is 7.91. The summed E-state index contributed by atoms with van der Waals surface area (Å²) in [6.07, 6.45) is -1.69. The SMILES string of the molecule is COCCN1C[C@@H]2c3nc(NCc4ccccn4)ncc3CS(=O)(=O)[C@@H]2C1.O=C(O)C(F)(F)F. The van der Waals surface area contributed by atoms with Gasteiger partial charge in [-0.15, -0.1) is 0 Å². The third-order valence-electron chi connectivity index (χ3n) is 5.42. The largest absolute Gasteiger partial charge is 0.490 e. The molecule has 2 N–H and O–H groups in total. The zero-order chi connectivity index (χ0) is 24.9. The second-order valence-corrected chi connectivity index (χ2v) is 10.0. The molecule has 2 atom stereocenters. The van der Waals surface area contributed by atoms with Gasteiger partial charge in [-0.05, 0) is 12.1 Å². The van der Waals surface area contributed by atoms with E-state index in [1.807, 2.05) is 18.2 Å². The molecule has 14 heteroatoms. The Labute approximate surface area is 194 Å². The quantitative estimate of drug-likeness (QED) is 0.597. The number of nitrogens with zero attached hydrogens (tertiary/aromatic N) is 4. The maximum absolute atomic E-state index is 12.7. The Balaban J connectivity index is 0.000000406. The van der Waals surface area contributed by atoms with Gasteiger partial charge in [0, 0.05) is 50.6 Å². The number of pyridine rings is 1. The van der Waals surface area contributed by atoms with Gasteiger partial charge in [0.2, 0.25) is 5.95 Å². The highest BCUT2D eigenvalue weighted by Crippen LogP contribution is 2.39. The molecule has 0 spiro atoms. The van der Waals surface area contributed by atoms with Crippen LogP contribution in [0.25, 0.3) is 0 Å². The van der Waals surface area contributed by atoms with Gasteiger partial charge in [0.15, 0.2) is 9.84 Å². The van der Waals surface area contributed by atoms with E-state index in [0.717, 1.165) is 17.9 Å². The fourth-order valence-electron chi connectivity index (χ4n) is 3.81. The Hall–Kier alpha value is -2.84. The van der Waals surface area contributed by atoms with E-state index < -0.39 is 27.2 Å². The summed E-state index contributed by atoms with van der Waals surface area (Å²) >= 11 is 0. The van der Waals surface area contributed by atoms with Crippen molar-refractivity contribution in [1.29, 1.82) is 0 Å². The standard InChI is InChI=1S/C18H23N5O3S.C2HF3O2/c1-26-7-6-23-10-15-16(11-23)27(24,25)12-13-8-20-18(22-17(13)15)21-9-14-4-2-3-5-19-14;3-2(4,5)1(6)7/h2-5,8,15-16H,6-7,9-12H2,1H3,(H,20,21,22);(H,6,7)/t15-,16+;/m0./s1. The Morgan fingerprint density at radius 1 is 1.29 bits per heavy atom. The number of nitrogens with one attached hydrogen (secondary N) is 1. The van der Waals surface area contributed by atoms with Gasteiger partial charge in [-0.25, -0.2) is 23.2 Å². The van der Waals surface area contributed by atoms with Crippen molar-refractivity contribution in [2.75, 3.05) is 38.7 Å². The molecule has 2 aliphatic heterocycles. The molecule has 0 aromatic carbocycles. The molecule has 0 unspecified atom stereocenters. The first-order valence-corrected chi connectivity index (χ1v) is 12.0. The molecule has 1 saturated heterocycles. The average Bonchev–Trinajstić information content (AvgIpc) is 3.23. The molecular weight excluding hydrogens is 479 g/mol. The lowest BCUT2D eigenvalue weighted by atomic mass is 10.00. The van der Waals surface area contributed by atoms with Crippen LogP contribution in [0, 0.1) is 0 Å². The number of carboxylic acids is 1. The predicted molar refractivity (Wildman–Crippen MR) is 115 cm³/mol. The third kappa shape index (κ3) is 6.39. The van der Waals surface area contributed by atoms with Crippen LogP contribution < -0.4 is 5.32 Å². The average molecular weight is 504 g/mol. The number of halogens is 3. The molecule has 186 valence electrons. The van der Waals surface area contributed by atoms with Crippen LogP contribution >= 0.6 is 0 Å². The fraction of sp³-hybridized carbons (Fsp3) is 0.500. The molecule has 4 heterocycles. The van der Waals surface area contributed by atoms with Gasteiger partial charge in [0.05, 0.1) is 35.5 Å². The van der Waals surface area contributed by atoms with Gasteiger partial charge in [0.1, 0.15) is 0 Å². The number of hydrogen-bond acceptors (Lipinski definition) is 9. The summed E-state index contributed by atoms with van der Waals surface area (Å²) in [5.74, 6) is -2.35. The lowest BCUT2D eigenvalue weighted by Gasteiger charge is -2.26. The lowest BCUT2D eigenvalue weighted by molar-refractivity contribution is -0.192. The Bertz CT molecular complexity index is 1100. The minimum atomic E-state index is -5.08. The number of methoxy groups -OCH3 is 1. The summed E-state index contributed by atoms with van der Waals surface area (Å²) in [5.41, 5.74) is 2.47. The molecule has 4 rings (SSSR count). The van der Waals surface area contributed by atoms with Crippen molar-refractivity contribution >= 4 is 21.8 Å². The number of carbonyl (C=O) groups is 1. The monoisotopic (exact) mass is 503 g/mol. The maximum atomic E-state index is 12.7. The van der Waals surface area contributed by atoms with Gasteiger partial charge in [-0.1, -0.05) is 6.07 Å². The van der Waals surface area contributed by atoms with Crippen molar-refractivity contribution in [2.24, 2.45) is 0 Å². The zero-order valence-electron chi connectivity index (χ0n) is 18.2. The molecule has 2 aliphatic rings. The second kappa shape index (κ2) is 10.6. The molecule has 10 nitrogen and oxygen atoms in total. The van der Waals surface area contributed by atoms with Crippen LogP contribution in [0.4, 0.5) is 19.1 Å². The molecule has 0 saturated carbocycles. The van der Waals surface area contributed by atoms with Crippen LogP contribution in [0.3, 0.4) is 0 Å². The molecule has 1 fully saturated rings. The minimum Gasteiger partial charge on any atom is -0.475 e. The normalized spacial score (nSPS) is 21.1. The van der Waals surface area contributed by atoms with Crippen molar-refractivity contribution in [3.63, 3.8) is 0 Å². The first kappa shape index (κ1) is 25.8. The number of rotatable bonds is 6. The number of alkyl halides is 3. The van der Waals surface area contributed by atoms with Crippen molar-refractivity contribution in [3.8, 4) is 0 Å². The zero-order valence-corrected chi connectivity index (χ0v) is 19.0. The molecular formula is C20H24F3N5O5S. The number of aromatic nitrogens is 3. The van der Waals surface area contributed by atoms with Crippen molar-refractivity contribution in [1.82, 2.24) is 19.9 Å². The smallest absolute Gasteiger partial charge is 0.475 e. The van der Waals surface area contributed by atoms with E-state index in [4.69, 9.17) is 14.6 Å². The number of carboxylic acid groups (broad SMARTS) is 1. The molecule has 0 radical (unpaired) electrons. The maximum Gasteiger partial charge on any atom is 0.490 e. The number of hydrogen-bond donors (Lipinski definition) is 2. The minimum absolute atomic E-state index is 0.0160. The van der Waals surface area contributed by atoms with Gasteiger partial charge in [0.25, 0.3) is 0 Å². The van der Waals surface area contributed by atoms with Gasteiger partial charge in [-0.3, -0.25) is 9.88 Å². The number of aliphatic carboxylic acids is 1. The molecule has 34 heavy (non-hydrogen) atoms. The topological polar surface area (TPSA) is 135 Å². The van der Waals surface area contributed by atoms with E-state index in [0.29, 0.717) is 37.8 Å². The highest BCUT2D eigenvalue weighted by Gasteiger charge is 2.47. The van der Waals surface area contributed by atoms with Crippen LogP contribution in [0.15, 0.2) is 30.6 Å². The second-order valence-electron chi connectivity index (χ2n) is 7.79. The van der Waals surface area contributed by atoms with Gasteiger partial charge < -0.3 is 15.2 Å². The van der Waals surface area contributed by atoms with E-state index in [9.17, 15) is 21.6 Å². The van der Waals surface area contributed by atoms with Crippen LogP contribution in [-0.2, 0) is 31.7 Å². The summed E-state index contributed by atoms with van der Waals surface area (Å²) in [6, 6.07) is 5.73. The van der Waals surface area contributed by atoms with Crippen molar-refractivity contribution < 1.29 is 36.2 Å². The molecule has 2 aromatic heterocycles. The van der Waals surface area contributed by atoms with Crippen LogP contribution in [0.1, 0.15) is 22.9 Å². The summed E-state index contributed by atoms with van der Waals surface area (Å²) in [6.45, 7) is 3.05. The molecule has 2 aromatic rings. The Morgan fingerprint density at radius 3 is 2.65 bits per heavy atom. The summed E-state index contributed by atoms with van der Waals surface area (Å²) in [4.78, 5) is 24.3. The first-order chi connectivity index (χ1) is 16.0. The number of sulfone groups is 1. The molecule has 0 bridgehead atoms. The Kier molecular flexibility index (Phi) is 8.05. The predicted octanol–water partition coefficient (Wildman–Crippen LogP) is 1.46. The van der Waals surface area contributed by atoms with Crippen LogP contribution in [0.5, 0.6) is 0 Å². The van der Waals surface area contributed by atoms with Gasteiger partial charge in [-0.2, -0.15) is 13.2 Å². The molecule has 0 amide bonds. The van der Waals surface area contributed by atoms with Crippen LogP contribution in [-0.4, -0.2) is 84.1 Å². The Morgan fingerprint density at radius 2 is 2.03 bits per heavy atom. The number of anilines is 1. The highest BCUT2D eigenvalue weighted by atomic mass is 32.2. The first-order valence-electron chi connectivity index (χ1n) is 10.2. The lowest BCUT2D eigenvalue weighted by Crippen LogP contribution is -2.35. The number of fused-ring (bicyclic) bond motifs is 3. The summed E-state index contributed by atoms with van der Waals surface area (Å²) in [5, 5.41) is 9.91. The van der Waals surface area contributed by atoms with E-state index in [1.165, 1.54) is 0 Å². The number of likely N-dealkylation sites (tertiary alicyclic amines) is 1. The summed E-state index contributed by atoms with van der Waals surface area (Å²) in [7, 11) is -1.54. The van der Waals surface area contributed by atoms with Gasteiger partial charge >= 0.3 is 12.1 Å². The van der Waals surface area contributed by atoms with Crippen molar-refractivity contribution in [2.45, 2.75) is 29.6 Å². The van der Waals surface area contributed by atoms with E-state index in [2.05, 4.69) is 25.2 Å². The third-order valence-corrected chi connectivity index (χ3v) is 7.53. The number of ether oxygens (including phenoxy) is 1. The van der Waals surface area contributed by atoms with Crippen molar-refractivity contribution in [3.05, 3.63) is 47.5 Å².